The molecule has 0 bridgehead atoms. The number of imidazole rings is 1. The molecule has 0 aliphatic rings. The van der Waals surface area contributed by atoms with Crippen molar-refractivity contribution in [2.24, 2.45) is 5.73 Å². The Balaban J connectivity index is 1.74. The van der Waals surface area contributed by atoms with Crippen LogP contribution in [0.1, 0.15) is 16.1 Å². The second kappa shape index (κ2) is 7.74. The molecule has 152 valence electrons. The molecule has 3 N–H and O–H groups in total. The topological polar surface area (TPSA) is 114 Å². The normalized spacial score (nSPS) is 10.9. The van der Waals surface area contributed by atoms with Gasteiger partial charge in [-0.15, -0.1) is 0 Å². The van der Waals surface area contributed by atoms with E-state index < -0.39 is 5.91 Å². The average Bonchev–Trinajstić information content (AvgIpc) is 3.16. The molecule has 0 aliphatic carbocycles. The summed E-state index contributed by atoms with van der Waals surface area (Å²) in [4.78, 5) is 31.2. The van der Waals surface area contributed by atoms with E-state index in [0.717, 1.165) is 5.56 Å². The zero-order valence-corrected chi connectivity index (χ0v) is 16.4. The molecule has 4 aromatic rings. The zero-order chi connectivity index (χ0) is 21.3. The van der Waals surface area contributed by atoms with Crippen LogP contribution in [0.5, 0.6) is 0 Å². The first-order valence-electron chi connectivity index (χ1n) is 9.10. The van der Waals surface area contributed by atoms with Gasteiger partial charge in [0.25, 0.3) is 5.91 Å². The number of nitrogens with two attached hydrogens (primary N) is 1. The molecule has 0 atom stereocenters. The molecule has 30 heavy (non-hydrogen) atoms. The van der Waals surface area contributed by atoms with Gasteiger partial charge in [-0.05, 0) is 29.8 Å². The molecule has 0 unspecified atom stereocenters. The highest BCUT2D eigenvalue weighted by Gasteiger charge is 2.17. The minimum Gasteiger partial charge on any atom is -0.364 e. The summed E-state index contributed by atoms with van der Waals surface area (Å²) in [5.41, 5.74) is 7.63. The number of amides is 1. The van der Waals surface area contributed by atoms with Crippen molar-refractivity contribution in [3.8, 4) is 11.5 Å². The molecule has 0 saturated heterocycles. The van der Waals surface area contributed by atoms with Crippen molar-refractivity contribution in [1.82, 2.24) is 24.3 Å². The smallest absolute Gasteiger partial charge is 0.265 e. The number of rotatable bonds is 6. The summed E-state index contributed by atoms with van der Waals surface area (Å²) >= 11 is 0. The summed E-state index contributed by atoms with van der Waals surface area (Å²) in [6.07, 6.45) is 1.50. The van der Waals surface area contributed by atoms with Crippen molar-refractivity contribution in [2.75, 3.05) is 24.3 Å². The van der Waals surface area contributed by atoms with E-state index in [4.69, 9.17) is 5.73 Å². The lowest BCUT2D eigenvalue weighted by molar-refractivity contribution is 0.0994. The molecule has 0 saturated carbocycles. The van der Waals surface area contributed by atoms with E-state index in [9.17, 15) is 9.18 Å². The molecule has 0 fully saturated rings. The molecular formula is C20H19FN8O. The fourth-order valence-corrected chi connectivity index (χ4v) is 2.97. The van der Waals surface area contributed by atoms with Crippen molar-refractivity contribution in [3.05, 3.63) is 65.9 Å². The van der Waals surface area contributed by atoms with E-state index in [2.05, 4.69) is 25.3 Å². The Hall–Kier alpha value is -4.08. The minimum atomic E-state index is -0.563. The first-order valence-corrected chi connectivity index (χ1v) is 9.10. The minimum absolute atomic E-state index is 0.303. The molecule has 4 rings (SSSR count). The fraction of sp³-hybridized carbons (Fsp3) is 0.150. The lowest BCUT2D eigenvalue weighted by Crippen LogP contribution is -2.16. The molecule has 9 nitrogen and oxygen atoms in total. The van der Waals surface area contributed by atoms with Crippen LogP contribution in [-0.2, 0) is 6.54 Å². The van der Waals surface area contributed by atoms with Crippen molar-refractivity contribution in [2.45, 2.75) is 6.54 Å². The van der Waals surface area contributed by atoms with E-state index >= 15 is 0 Å². The van der Waals surface area contributed by atoms with Gasteiger partial charge in [-0.3, -0.25) is 9.20 Å². The monoisotopic (exact) mass is 406 g/mol. The van der Waals surface area contributed by atoms with Gasteiger partial charge >= 0.3 is 0 Å². The van der Waals surface area contributed by atoms with Gasteiger partial charge in [0, 0.05) is 20.6 Å². The number of nitrogens with one attached hydrogen (secondary N) is 1. The van der Waals surface area contributed by atoms with Crippen LogP contribution in [0.4, 0.5) is 16.3 Å². The third-order valence-corrected chi connectivity index (χ3v) is 4.40. The van der Waals surface area contributed by atoms with Gasteiger partial charge < -0.3 is 16.0 Å². The van der Waals surface area contributed by atoms with Crippen LogP contribution in [0.25, 0.3) is 17.0 Å². The second-order valence-corrected chi connectivity index (χ2v) is 6.78. The summed E-state index contributed by atoms with van der Waals surface area (Å²) in [7, 11) is 3.62. The quantitative estimate of drug-likeness (QED) is 0.504. The van der Waals surface area contributed by atoms with Gasteiger partial charge in [0.1, 0.15) is 23.5 Å². The van der Waals surface area contributed by atoms with Crippen LogP contribution in [0.15, 0.2) is 48.8 Å². The number of benzene rings is 1. The predicted octanol–water partition coefficient (Wildman–Crippen LogP) is 2.10. The summed E-state index contributed by atoms with van der Waals surface area (Å²) in [5, 5.41) is 3.10. The van der Waals surface area contributed by atoms with E-state index in [1.807, 2.05) is 14.1 Å². The van der Waals surface area contributed by atoms with Crippen LogP contribution in [0.2, 0.25) is 0 Å². The highest BCUT2D eigenvalue weighted by atomic mass is 19.1. The number of anilines is 2. The summed E-state index contributed by atoms with van der Waals surface area (Å²) < 4.78 is 15.0. The van der Waals surface area contributed by atoms with Gasteiger partial charge in [-0.25, -0.2) is 9.37 Å². The standard InChI is InChI=1S/C20H19FN8O/c1-28(2)20-26-18(16-14-7-4-8-15(17(22)30)29(14)11-24-16)25-19(27-20)23-10-12-5-3-6-13(21)9-12/h3-9,11H,10H2,1-2H3,(H2,22,30)(H,23,25,26,27). The number of fused-ring (bicyclic) bond motifs is 1. The maximum atomic E-state index is 13.4. The van der Waals surface area contributed by atoms with Gasteiger partial charge in [-0.2, -0.15) is 15.0 Å². The van der Waals surface area contributed by atoms with Crippen molar-refractivity contribution >= 4 is 23.3 Å². The maximum absolute atomic E-state index is 13.4. The highest BCUT2D eigenvalue weighted by molar-refractivity contribution is 5.92. The Morgan fingerprint density at radius 2 is 1.97 bits per heavy atom. The van der Waals surface area contributed by atoms with Crippen molar-refractivity contribution < 1.29 is 9.18 Å². The number of hydrogen-bond donors (Lipinski definition) is 2. The van der Waals surface area contributed by atoms with Gasteiger partial charge in [0.05, 0.1) is 5.52 Å². The van der Waals surface area contributed by atoms with Crippen molar-refractivity contribution in [1.29, 1.82) is 0 Å². The number of aromatic nitrogens is 5. The lowest BCUT2D eigenvalue weighted by atomic mass is 10.2. The largest absolute Gasteiger partial charge is 0.364 e. The molecule has 10 heteroatoms. The number of hydrogen-bond acceptors (Lipinski definition) is 7. The Morgan fingerprint density at radius 3 is 2.70 bits per heavy atom. The summed E-state index contributed by atoms with van der Waals surface area (Å²) in [5.74, 6) is 0.203. The van der Waals surface area contributed by atoms with Crippen LogP contribution >= 0.6 is 0 Å². The molecule has 0 spiro atoms. The van der Waals surface area contributed by atoms with E-state index in [1.54, 1.807) is 39.6 Å². The lowest BCUT2D eigenvalue weighted by Gasteiger charge is -2.13. The molecule has 3 aromatic heterocycles. The van der Waals surface area contributed by atoms with E-state index in [1.165, 1.54) is 18.5 Å². The number of halogens is 1. The zero-order valence-electron chi connectivity index (χ0n) is 16.4. The van der Waals surface area contributed by atoms with Gasteiger partial charge in [0.2, 0.25) is 11.9 Å². The molecule has 0 aliphatic heterocycles. The Morgan fingerprint density at radius 1 is 1.17 bits per heavy atom. The number of carbonyl (C=O) groups excluding carboxylic acids is 1. The number of primary amides is 1. The summed E-state index contributed by atoms with van der Waals surface area (Å²) in [6.45, 7) is 0.337. The van der Waals surface area contributed by atoms with Crippen LogP contribution in [-0.4, -0.2) is 44.3 Å². The van der Waals surface area contributed by atoms with Crippen molar-refractivity contribution in [3.63, 3.8) is 0 Å². The third kappa shape index (κ3) is 3.75. The van der Waals surface area contributed by atoms with Crippen LogP contribution < -0.4 is 16.0 Å². The highest BCUT2D eigenvalue weighted by Crippen LogP contribution is 2.23. The van der Waals surface area contributed by atoms with Gasteiger partial charge in [-0.1, -0.05) is 18.2 Å². The van der Waals surface area contributed by atoms with E-state index in [-0.39, 0.29) is 5.82 Å². The molecule has 0 radical (unpaired) electrons. The molecular weight excluding hydrogens is 387 g/mol. The number of carbonyl (C=O) groups is 1. The molecule has 1 amide bonds. The van der Waals surface area contributed by atoms with Crippen LogP contribution in [0.3, 0.4) is 0 Å². The Kier molecular flexibility index (Phi) is 4.97. The first kappa shape index (κ1) is 19.2. The molecule has 1 aromatic carbocycles. The van der Waals surface area contributed by atoms with E-state index in [0.29, 0.717) is 41.2 Å². The Labute approximate surface area is 171 Å². The average molecular weight is 406 g/mol. The Bertz CT molecular complexity index is 1240. The van der Waals surface area contributed by atoms with Crippen LogP contribution in [0, 0.1) is 5.82 Å². The number of pyridine rings is 1. The third-order valence-electron chi connectivity index (χ3n) is 4.40. The fourth-order valence-electron chi connectivity index (χ4n) is 2.97. The second-order valence-electron chi connectivity index (χ2n) is 6.78. The number of nitrogens with zero attached hydrogens (tertiary/aromatic N) is 6. The first-order chi connectivity index (χ1) is 14.4. The molecule has 3 heterocycles. The summed E-state index contributed by atoms with van der Waals surface area (Å²) in [6, 6.07) is 11.4. The van der Waals surface area contributed by atoms with Gasteiger partial charge in [0.15, 0.2) is 5.82 Å². The predicted molar refractivity (Wildman–Crippen MR) is 111 cm³/mol. The SMILES string of the molecule is CN(C)c1nc(NCc2cccc(F)c2)nc(-c2ncn3c(C(N)=O)cccc23)n1. The maximum Gasteiger partial charge on any atom is 0.265 e.